The van der Waals surface area contributed by atoms with Gasteiger partial charge in [-0.05, 0) is 50.3 Å². The van der Waals surface area contributed by atoms with Crippen LogP contribution in [0.15, 0.2) is 24.3 Å². The molecule has 3 aliphatic rings. The first-order valence-corrected chi connectivity index (χ1v) is 10.2. The maximum absolute atomic E-state index is 13.3. The monoisotopic (exact) mass is 386 g/mol. The van der Waals surface area contributed by atoms with E-state index in [0.717, 1.165) is 32.5 Å². The number of para-hydroxylation sites is 1. The Hall–Kier alpha value is -2.12. The number of piperidine rings is 1. The van der Waals surface area contributed by atoms with Gasteiger partial charge < -0.3 is 9.80 Å². The Labute approximate surface area is 166 Å². The molecule has 3 fully saturated rings. The van der Waals surface area contributed by atoms with Gasteiger partial charge in [-0.2, -0.15) is 0 Å². The van der Waals surface area contributed by atoms with Crippen molar-refractivity contribution in [2.45, 2.75) is 32.2 Å². The summed E-state index contributed by atoms with van der Waals surface area (Å²) in [4.78, 5) is 31.9. The van der Waals surface area contributed by atoms with E-state index in [4.69, 9.17) is 0 Å². The first kappa shape index (κ1) is 19.2. The minimum Gasteiger partial charge on any atom is -0.368 e. The van der Waals surface area contributed by atoms with Crippen LogP contribution in [-0.2, 0) is 9.59 Å². The zero-order valence-corrected chi connectivity index (χ0v) is 16.7. The summed E-state index contributed by atoms with van der Waals surface area (Å²) in [5, 5.41) is 9.21. The number of piperazine rings is 1. The molecular weight excluding hydrogens is 356 g/mol. The number of rotatable bonds is 3. The van der Waals surface area contributed by atoms with Crippen LogP contribution in [0.1, 0.15) is 24.8 Å². The third kappa shape index (κ3) is 3.49. The van der Waals surface area contributed by atoms with E-state index in [1.165, 1.54) is 11.3 Å². The second kappa shape index (κ2) is 7.37. The van der Waals surface area contributed by atoms with Gasteiger partial charge in [-0.3, -0.25) is 19.7 Å². The second-order valence-corrected chi connectivity index (χ2v) is 8.75. The van der Waals surface area contributed by atoms with Crippen molar-refractivity contribution in [1.29, 1.82) is 0 Å². The Morgan fingerprint density at radius 2 is 1.82 bits per heavy atom. The molecule has 0 aromatic heterocycles. The minimum absolute atomic E-state index is 0.0102. The zero-order chi connectivity index (χ0) is 19.9. The minimum atomic E-state index is -0.497. The highest BCUT2D eigenvalue weighted by Gasteiger charge is 2.55. The Bertz CT molecular complexity index is 756. The number of aryl methyl sites for hydroxylation is 1. The maximum atomic E-state index is 13.3. The second-order valence-electron chi connectivity index (χ2n) is 8.75. The van der Waals surface area contributed by atoms with Gasteiger partial charge >= 0.3 is 0 Å². The number of hydrogen-bond acceptors (Lipinski definition) is 5. The topological polar surface area (TPSA) is 76.1 Å². The SMILES string of the molecule is Cc1ccccc1N1CCN(C(=O)C2C(C(=O)NO)CC3(CC3)CN2C)CC1. The highest BCUT2D eigenvalue weighted by atomic mass is 16.5. The number of amides is 2. The van der Waals surface area contributed by atoms with Crippen molar-refractivity contribution >= 4 is 17.5 Å². The van der Waals surface area contributed by atoms with Gasteiger partial charge in [0.2, 0.25) is 11.8 Å². The van der Waals surface area contributed by atoms with E-state index in [1.807, 2.05) is 29.0 Å². The van der Waals surface area contributed by atoms with Gasteiger partial charge in [0.1, 0.15) is 6.04 Å². The van der Waals surface area contributed by atoms with Crippen molar-refractivity contribution in [2.24, 2.45) is 11.3 Å². The van der Waals surface area contributed by atoms with Crippen LogP contribution in [0.25, 0.3) is 0 Å². The highest BCUT2D eigenvalue weighted by Crippen LogP contribution is 2.54. The lowest BCUT2D eigenvalue weighted by Gasteiger charge is -2.45. The van der Waals surface area contributed by atoms with Crippen LogP contribution in [0.4, 0.5) is 5.69 Å². The number of nitrogens with one attached hydrogen (secondary N) is 1. The fraction of sp³-hybridized carbons (Fsp3) is 0.619. The van der Waals surface area contributed by atoms with E-state index < -0.39 is 17.9 Å². The summed E-state index contributed by atoms with van der Waals surface area (Å²) < 4.78 is 0. The number of carbonyl (C=O) groups is 2. The van der Waals surface area contributed by atoms with E-state index in [0.29, 0.717) is 19.5 Å². The first-order valence-electron chi connectivity index (χ1n) is 10.2. The normalized spacial score (nSPS) is 27.0. The van der Waals surface area contributed by atoms with E-state index in [2.05, 4.69) is 24.0 Å². The summed E-state index contributed by atoms with van der Waals surface area (Å²) >= 11 is 0. The molecule has 1 saturated carbocycles. The molecule has 2 atom stereocenters. The Morgan fingerprint density at radius 1 is 1.14 bits per heavy atom. The number of carbonyl (C=O) groups excluding carboxylic acids is 2. The largest absolute Gasteiger partial charge is 0.368 e. The molecule has 1 spiro atoms. The number of anilines is 1. The highest BCUT2D eigenvalue weighted by molar-refractivity contribution is 5.90. The average Bonchev–Trinajstić information content (AvgIpc) is 3.45. The number of hydrogen-bond donors (Lipinski definition) is 2. The lowest BCUT2D eigenvalue weighted by Crippen LogP contribution is -2.61. The molecule has 1 aromatic carbocycles. The van der Waals surface area contributed by atoms with Crippen LogP contribution in [0.3, 0.4) is 0 Å². The average molecular weight is 386 g/mol. The van der Waals surface area contributed by atoms with Crippen molar-refractivity contribution in [2.75, 3.05) is 44.7 Å². The summed E-state index contributed by atoms with van der Waals surface area (Å²) in [6.45, 7) is 5.82. The van der Waals surface area contributed by atoms with Gasteiger partial charge in [0.25, 0.3) is 0 Å². The van der Waals surface area contributed by atoms with E-state index in [-0.39, 0.29) is 11.3 Å². The Morgan fingerprint density at radius 3 is 2.43 bits per heavy atom. The molecule has 2 unspecified atom stereocenters. The molecule has 7 heteroatoms. The maximum Gasteiger partial charge on any atom is 0.248 e. The molecule has 2 saturated heterocycles. The van der Waals surface area contributed by atoms with Crippen molar-refractivity contribution in [1.82, 2.24) is 15.3 Å². The standard InChI is InChI=1S/C21H30N4O3/c1-15-5-3-4-6-17(15)24-9-11-25(12-10-24)20(27)18-16(19(26)22-28)13-21(7-8-21)14-23(18)2/h3-6,16,18,28H,7-14H2,1-2H3,(H,22,26). The molecule has 7 nitrogen and oxygen atoms in total. The molecule has 2 aliphatic heterocycles. The molecule has 4 rings (SSSR count). The molecule has 2 heterocycles. The summed E-state index contributed by atoms with van der Waals surface area (Å²) in [7, 11) is 1.93. The van der Waals surface area contributed by atoms with E-state index in [9.17, 15) is 14.8 Å². The number of benzene rings is 1. The number of likely N-dealkylation sites (N-methyl/N-ethyl adjacent to an activating group) is 1. The number of hydroxylamine groups is 1. The van der Waals surface area contributed by atoms with Crippen LogP contribution < -0.4 is 10.4 Å². The molecule has 152 valence electrons. The lowest BCUT2D eigenvalue weighted by molar-refractivity contribution is -0.150. The van der Waals surface area contributed by atoms with Crippen LogP contribution in [0, 0.1) is 18.3 Å². The van der Waals surface area contributed by atoms with E-state index in [1.54, 1.807) is 5.48 Å². The van der Waals surface area contributed by atoms with Gasteiger partial charge in [0.15, 0.2) is 0 Å². The molecule has 0 radical (unpaired) electrons. The van der Waals surface area contributed by atoms with Crippen molar-refractivity contribution in [3.05, 3.63) is 29.8 Å². The smallest absolute Gasteiger partial charge is 0.248 e. The Kier molecular flexibility index (Phi) is 5.05. The van der Waals surface area contributed by atoms with Crippen LogP contribution in [0.5, 0.6) is 0 Å². The molecule has 2 N–H and O–H groups in total. The summed E-state index contributed by atoms with van der Waals surface area (Å²) in [5.74, 6) is -0.918. The quantitative estimate of drug-likeness (QED) is 0.604. The van der Waals surface area contributed by atoms with Gasteiger partial charge in [-0.1, -0.05) is 18.2 Å². The number of nitrogens with zero attached hydrogens (tertiary/aromatic N) is 3. The first-order chi connectivity index (χ1) is 13.4. The molecular formula is C21H30N4O3. The van der Waals surface area contributed by atoms with Gasteiger partial charge in [0.05, 0.1) is 5.92 Å². The van der Waals surface area contributed by atoms with Crippen LogP contribution >= 0.6 is 0 Å². The van der Waals surface area contributed by atoms with Gasteiger partial charge in [-0.25, -0.2) is 5.48 Å². The van der Waals surface area contributed by atoms with E-state index >= 15 is 0 Å². The van der Waals surface area contributed by atoms with Crippen LogP contribution in [0.2, 0.25) is 0 Å². The fourth-order valence-electron chi connectivity index (χ4n) is 5.07. The molecule has 0 bridgehead atoms. The summed E-state index contributed by atoms with van der Waals surface area (Å²) in [6.07, 6.45) is 2.88. The number of likely N-dealkylation sites (tertiary alicyclic amines) is 1. The molecule has 28 heavy (non-hydrogen) atoms. The van der Waals surface area contributed by atoms with Gasteiger partial charge in [0, 0.05) is 38.4 Å². The molecule has 1 aliphatic carbocycles. The molecule has 1 aromatic rings. The van der Waals surface area contributed by atoms with Crippen molar-refractivity contribution in [3.8, 4) is 0 Å². The van der Waals surface area contributed by atoms with Crippen molar-refractivity contribution in [3.63, 3.8) is 0 Å². The third-order valence-electron chi connectivity index (χ3n) is 6.80. The third-order valence-corrected chi connectivity index (χ3v) is 6.80. The Balaban J connectivity index is 1.45. The van der Waals surface area contributed by atoms with Gasteiger partial charge in [-0.15, -0.1) is 0 Å². The van der Waals surface area contributed by atoms with Crippen LogP contribution in [-0.4, -0.2) is 72.6 Å². The molecule has 2 amide bonds. The fourth-order valence-corrected chi connectivity index (χ4v) is 5.07. The summed E-state index contributed by atoms with van der Waals surface area (Å²) in [5.41, 5.74) is 4.42. The summed E-state index contributed by atoms with van der Waals surface area (Å²) in [6, 6.07) is 7.82. The van der Waals surface area contributed by atoms with Crippen molar-refractivity contribution < 1.29 is 14.8 Å². The predicted octanol–water partition coefficient (Wildman–Crippen LogP) is 1.25. The predicted molar refractivity (Wildman–Crippen MR) is 106 cm³/mol. The lowest BCUT2D eigenvalue weighted by atomic mass is 9.80. The zero-order valence-electron chi connectivity index (χ0n) is 16.7.